The van der Waals surface area contributed by atoms with Crippen LogP contribution in [0.15, 0.2) is 0 Å². The van der Waals surface area contributed by atoms with Gasteiger partial charge in [-0.05, 0) is 25.7 Å². The highest BCUT2D eigenvalue weighted by molar-refractivity contribution is 5.62. The van der Waals surface area contributed by atoms with Gasteiger partial charge in [-0.2, -0.15) is 0 Å². The van der Waals surface area contributed by atoms with Crippen LogP contribution in [0.25, 0.3) is 0 Å². The van der Waals surface area contributed by atoms with Crippen molar-refractivity contribution in [3.8, 4) is 0 Å². The minimum Gasteiger partial charge on any atom is -0.427 e. The summed E-state index contributed by atoms with van der Waals surface area (Å²) < 4.78 is 10.6. The molecule has 0 radical (unpaired) electrons. The number of ether oxygens (including phenoxy) is 2. The van der Waals surface area contributed by atoms with E-state index in [9.17, 15) is 4.79 Å². The molecule has 0 spiro atoms. The molecule has 2 unspecified atom stereocenters. The number of cyclic esters (lactones) is 2. The van der Waals surface area contributed by atoms with E-state index in [1.165, 1.54) is 51.4 Å². The van der Waals surface area contributed by atoms with Crippen LogP contribution in [0.1, 0.15) is 90.9 Å². The minimum absolute atomic E-state index is 0.00954. The first kappa shape index (κ1) is 17.3. The van der Waals surface area contributed by atoms with E-state index in [0.29, 0.717) is 0 Å². The molecule has 3 heteroatoms. The van der Waals surface area contributed by atoms with E-state index in [1.807, 2.05) is 0 Å². The van der Waals surface area contributed by atoms with Crippen molar-refractivity contribution in [2.24, 2.45) is 0 Å². The average molecular weight is 284 g/mol. The lowest BCUT2D eigenvalue weighted by Gasteiger charge is -2.15. The van der Waals surface area contributed by atoms with Gasteiger partial charge in [0.15, 0.2) is 0 Å². The fourth-order valence-electron chi connectivity index (χ4n) is 2.81. The Morgan fingerprint density at radius 3 is 1.50 bits per heavy atom. The van der Waals surface area contributed by atoms with Gasteiger partial charge in [-0.25, -0.2) is 4.79 Å². The molecule has 1 fully saturated rings. The Bertz CT molecular complexity index is 229. The van der Waals surface area contributed by atoms with E-state index < -0.39 is 6.16 Å². The highest BCUT2D eigenvalue weighted by Gasteiger charge is 2.35. The molecule has 0 saturated carbocycles. The van der Waals surface area contributed by atoms with Gasteiger partial charge >= 0.3 is 6.16 Å². The molecule has 1 saturated heterocycles. The van der Waals surface area contributed by atoms with Crippen LogP contribution in [-0.2, 0) is 9.47 Å². The topological polar surface area (TPSA) is 35.5 Å². The van der Waals surface area contributed by atoms with Crippen molar-refractivity contribution in [2.75, 3.05) is 0 Å². The fourth-order valence-corrected chi connectivity index (χ4v) is 2.81. The quantitative estimate of drug-likeness (QED) is 0.345. The Kier molecular flexibility index (Phi) is 9.52. The van der Waals surface area contributed by atoms with E-state index in [0.717, 1.165) is 25.7 Å². The lowest BCUT2D eigenvalue weighted by Crippen LogP contribution is -2.22. The Morgan fingerprint density at radius 2 is 1.10 bits per heavy atom. The largest absolute Gasteiger partial charge is 0.509 e. The molecule has 20 heavy (non-hydrogen) atoms. The fraction of sp³-hybridized carbons (Fsp3) is 0.941. The molecule has 1 heterocycles. The van der Waals surface area contributed by atoms with Gasteiger partial charge in [0, 0.05) is 0 Å². The van der Waals surface area contributed by atoms with Gasteiger partial charge in [0.05, 0.1) is 0 Å². The SMILES string of the molecule is CCCCCCCC1OC(=O)OC1CCCCCCC. The predicted octanol–water partition coefficient (Wildman–Crippen LogP) is 5.61. The molecular weight excluding hydrogens is 252 g/mol. The summed E-state index contributed by atoms with van der Waals surface area (Å²) in [7, 11) is 0. The second kappa shape index (κ2) is 11.0. The van der Waals surface area contributed by atoms with Crippen LogP contribution in [0.5, 0.6) is 0 Å². The molecule has 0 aliphatic carbocycles. The second-order valence-electron chi connectivity index (χ2n) is 5.97. The first-order valence-electron chi connectivity index (χ1n) is 8.65. The molecule has 1 aliphatic rings. The normalized spacial score (nSPS) is 21.8. The van der Waals surface area contributed by atoms with Gasteiger partial charge < -0.3 is 9.47 Å². The van der Waals surface area contributed by atoms with Crippen molar-refractivity contribution in [3.05, 3.63) is 0 Å². The lowest BCUT2D eigenvalue weighted by atomic mass is 10.00. The average Bonchev–Trinajstić information content (AvgIpc) is 2.79. The summed E-state index contributed by atoms with van der Waals surface area (Å²) in [5, 5.41) is 0. The first-order valence-corrected chi connectivity index (χ1v) is 8.65. The number of hydrogen-bond donors (Lipinski definition) is 0. The Balaban J connectivity index is 2.13. The number of carbonyl (C=O) groups excluding carboxylic acids is 1. The molecule has 0 amide bonds. The van der Waals surface area contributed by atoms with Crippen molar-refractivity contribution in [1.29, 1.82) is 0 Å². The van der Waals surface area contributed by atoms with Crippen LogP contribution >= 0.6 is 0 Å². The highest BCUT2D eigenvalue weighted by atomic mass is 16.8. The van der Waals surface area contributed by atoms with Crippen molar-refractivity contribution in [1.82, 2.24) is 0 Å². The summed E-state index contributed by atoms with van der Waals surface area (Å²) in [5.41, 5.74) is 0. The Hall–Kier alpha value is -0.730. The maximum Gasteiger partial charge on any atom is 0.509 e. The van der Waals surface area contributed by atoms with Gasteiger partial charge in [-0.3, -0.25) is 0 Å². The van der Waals surface area contributed by atoms with Crippen LogP contribution in [0, 0.1) is 0 Å². The Morgan fingerprint density at radius 1 is 0.700 bits per heavy atom. The van der Waals surface area contributed by atoms with Gasteiger partial charge in [-0.15, -0.1) is 0 Å². The van der Waals surface area contributed by atoms with Crippen LogP contribution in [0.2, 0.25) is 0 Å². The molecule has 2 atom stereocenters. The van der Waals surface area contributed by atoms with Crippen LogP contribution < -0.4 is 0 Å². The highest BCUT2D eigenvalue weighted by Crippen LogP contribution is 2.25. The molecular formula is C17H32O3. The standard InChI is InChI=1S/C17H32O3/c1-3-5-7-9-11-13-15-16(20-17(18)19-15)14-12-10-8-6-4-2/h15-16H,3-14H2,1-2H3. The molecule has 3 nitrogen and oxygen atoms in total. The van der Waals surface area contributed by atoms with Gasteiger partial charge in [0.2, 0.25) is 0 Å². The van der Waals surface area contributed by atoms with E-state index in [-0.39, 0.29) is 12.2 Å². The summed E-state index contributed by atoms with van der Waals surface area (Å²) in [6.45, 7) is 4.45. The predicted molar refractivity (Wildman–Crippen MR) is 81.9 cm³/mol. The summed E-state index contributed by atoms with van der Waals surface area (Å²) in [6.07, 6.45) is 14.0. The van der Waals surface area contributed by atoms with Crippen molar-refractivity contribution >= 4 is 6.16 Å². The zero-order chi connectivity index (χ0) is 14.6. The maximum absolute atomic E-state index is 11.3. The number of hydrogen-bond acceptors (Lipinski definition) is 3. The molecule has 118 valence electrons. The van der Waals surface area contributed by atoms with Crippen molar-refractivity contribution in [2.45, 2.75) is 103 Å². The first-order chi connectivity index (χ1) is 9.77. The molecule has 1 rings (SSSR count). The molecule has 1 aliphatic heterocycles. The summed E-state index contributed by atoms with van der Waals surface area (Å²) in [6, 6.07) is 0. The van der Waals surface area contributed by atoms with E-state index in [1.54, 1.807) is 0 Å². The van der Waals surface area contributed by atoms with Crippen molar-refractivity contribution in [3.63, 3.8) is 0 Å². The van der Waals surface area contributed by atoms with Gasteiger partial charge in [0.1, 0.15) is 12.2 Å². The molecule has 0 aromatic rings. The maximum atomic E-state index is 11.3. The van der Waals surface area contributed by atoms with Gasteiger partial charge in [-0.1, -0.05) is 65.2 Å². The zero-order valence-corrected chi connectivity index (χ0v) is 13.4. The summed E-state index contributed by atoms with van der Waals surface area (Å²) >= 11 is 0. The number of carbonyl (C=O) groups is 1. The lowest BCUT2D eigenvalue weighted by molar-refractivity contribution is 0.114. The molecule has 0 aromatic heterocycles. The van der Waals surface area contributed by atoms with E-state index in [2.05, 4.69) is 13.8 Å². The number of rotatable bonds is 12. The number of unbranched alkanes of at least 4 members (excludes halogenated alkanes) is 8. The third kappa shape index (κ3) is 7.16. The summed E-state index contributed by atoms with van der Waals surface area (Å²) in [4.78, 5) is 11.3. The summed E-state index contributed by atoms with van der Waals surface area (Å²) in [5.74, 6) is 0. The van der Waals surface area contributed by atoms with Crippen molar-refractivity contribution < 1.29 is 14.3 Å². The zero-order valence-electron chi connectivity index (χ0n) is 13.4. The van der Waals surface area contributed by atoms with Gasteiger partial charge in [0.25, 0.3) is 0 Å². The second-order valence-corrected chi connectivity index (χ2v) is 5.97. The third-order valence-electron chi connectivity index (χ3n) is 4.09. The molecule has 0 aromatic carbocycles. The minimum atomic E-state index is -0.456. The van der Waals surface area contributed by atoms with Crippen LogP contribution in [0.3, 0.4) is 0 Å². The third-order valence-corrected chi connectivity index (χ3v) is 4.09. The Labute approximate surface area is 124 Å². The monoisotopic (exact) mass is 284 g/mol. The molecule has 0 N–H and O–H groups in total. The molecule has 0 bridgehead atoms. The smallest absolute Gasteiger partial charge is 0.427 e. The van der Waals surface area contributed by atoms with Crippen LogP contribution in [0.4, 0.5) is 4.79 Å². The van der Waals surface area contributed by atoms with E-state index in [4.69, 9.17) is 9.47 Å². The van der Waals surface area contributed by atoms with Crippen LogP contribution in [-0.4, -0.2) is 18.4 Å². The van der Waals surface area contributed by atoms with E-state index >= 15 is 0 Å².